The van der Waals surface area contributed by atoms with E-state index >= 15 is 0 Å². The van der Waals surface area contributed by atoms with Gasteiger partial charge in [0.2, 0.25) is 0 Å². The van der Waals surface area contributed by atoms with Crippen molar-refractivity contribution in [1.29, 1.82) is 0 Å². The second kappa shape index (κ2) is 4.35. The Hall–Kier alpha value is -1.29. The maximum Gasteiger partial charge on any atom is 0.153 e. The highest BCUT2D eigenvalue weighted by Gasteiger charge is 2.23. The van der Waals surface area contributed by atoms with Crippen molar-refractivity contribution in [2.45, 2.75) is 13.8 Å². The van der Waals surface area contributed by atoms with E-state index < -0.39 is 0 Å². The summed E-state index contributed by atoms with van der Waals surface area (Å²) in [4.78, 5) is 0. The van der Waals surface area contributed by atoms with Crippen LogP contribution in [-0.2, 0) is 0 Å². The lowest BCUT2D eigenvalue weighted by molar-refractivity contribution is 0.474. The smallest absolute Gasteiger partial charge is 0.153 e. The summed E-state index contributed by atoms with van der Waals surface area (Å²) in [5.41, 5.74) is 2.11. The maximum atomic E-state index is 9.99. The number of phenols is 2. The van der Waals surface area contributed by atoms with Crippen molar-refractivity contribution in [2.24, 2.45) is 0 Å². The Balaban J connectivity index is 2.69. The zero-order valence-corrected chi connectivity index (χ0v) is 12.8. The van der Waals surface area contributed by atoms with E-state index in [4.69, 9.17) is 39.2 Å². The van der Waals surface area contributed by atoms with Crippen molar-refractivity contribution in [3.63, 3.8) is 0 Å². The number of hydrogen-bond acceptors (Lipinski definition) is 3. The molecule has 0 fully saturated rings. The van der Waals surface area contributed by atoms with Gasteiger partial charge in [0.25, 0.3) is 0 Å². The van der Waals surface area contributed by atoms with Gasteiger partial charge in [0.05, 0.1) is 20.5 Å². The second-order valence-electron chi connectivity index (χ2n) is 4.62. The third-order valence-electron chi connectivity index (χ3n) is 3.44. The Kier molecular flexibility index (Phi) is 2.98. The summed E-state index contributed by atoms with van der Waals surface area (Å²) in [6.07, 6.45) is 0. The van der Waals surface area contributed by atoms with Crippen LogP contribution in [0.1, 0.15) is 11.1 Å². The van der Waals surface area contributed by atoms with Crippen LogP contribution < -0.4 is 0 Å². The normalized spacial score (nSPS) is 11.7. The molecule has 0 unspecified atom stereocenters. The molecule has 0 aliphatic heterocycles. The molecular formula is C14H9Cl3O3. The van der Waals surface area contributed by atoms with Gasteiger partial charge in [-0.15, -0.1) is 0 Å². The Labute approximate surface area is 129 Å². The molecule has 0 saturated carbocycles. The fraction of sp³-hybridized carbons (Fsp3) is 0.143. The van der Waals surface area contributed by atoms with Crippen molar-refractivity contribution in [2.75, 3.05) is 0 Å². The van der Waals surface area contributed by atoms with Crippen LogP contribution in [0.2, 0.25) is 15.1 Å². The van der Waals surface area contributed by atoms with Crippen LogP contribution in [0.25, 0.3) is 21.9 Å². The van der Waals surface area contributed by atoms with E-state index in [0.29, 0.717) is 33.1 Å². The number of fused-ring (bicyclic) bond motifs is 3. The molecule has 0 radical (unpaired) electrons. The zero-order chi connectivity index (χ0) is 14.8. The zero-order valence-electron chi connectivity index (χ0n) is 10.5. The largest absolute Gasteiger partial charge is 0.506 e. The molecule has 3 aromatic rings. The third-order valence-corrected chi connectivity index (χ3v) is 4.75. The van der Waals surface area contributed by atoms with Crippen molar-refractivity contribution < 1.29 is 14.6 Å². The molecular weight excluding hydrogens is 323 g/mol. The fourth-order valence-electron chi connectivity index (χ4n) is 2.38. The summed E-state index contributed by atoms with van der Waals surface area (Å²) in [7, 11) is 0. The highest BCUT2D eigenvalue weighted by Crippen LogP contribution is 2.48. The van der Waals surface area contributed by atoms with E-state index in [1.165, 1.54) is 6.07 Å². The van der Waals surface area contributed by atoms with E-state index in [0.717, 1.165) is 0 Å². The summed E-state index contributed by atoms with van der Waals surface area (Å²) in [5, 5.41) is 21.4. The average Bonchev–Trinajstić information content (AvgIpc) is 2.79. The topological polar surface area (TPSA) is 53.6 Å². The summed E-state index contributed by atoms with van der Waals surface area (Å²) in [5.74, 6) is -0.260. The van der Waals surface area contributed by atoms with Crippen molar-refractivity contribution in [1.82, 2.24) is 0 Å². The van der Waals surface area contributed by atoms with Crippen molar-refractivity contribution >= 4 is 56.7 Å². The second-order valence-corrected chi connectivity index (χ2v) is 5.75. The Morgan fingerprint density at radius 3 is 2.20 bits per heavy atom. The van der Waals surface area contributed by atoms with Gasteiger partial charge in [0.15, 0.2) is 5.75 Å². The summed E-state index contributed by atoms with van der Waals surface area (Å²) in [6.45, 7) is 3.47. The highest BCUT2D eigenvalue weighted by atomic mass is 35.5. The standard InChI is InChI=1S/C14H9Cl3O3/c1-4-8-7(3-6(18)10(4)15)20-14-5(2)11(16)13(19)12(17)9(8)14/h3,18-19H,1-2H3. The lowest BCUT2D eigenvalue weighted by Gasteiger charge is -2.06. The average molecular weight is 332 g/mol. The first-order valence-corrected chi connectivity index (χ1v) is 6.88. The van der Waals surface area contributed by atoms with Crippen LogP contribution in [0.5, 0.6) is 11.5 Å². The van der Waals surface area contributed by atoms with Crippen LogP contribution in [0.4, 0.5) is 0 Å². The lowest BCUT2D eigenvalue weighted by Crippen LogP contribution is -1.83. The van der Waals surface area contributed by atoms with E-state index in [2.05, 4.69) is 0 Å². The summed E-state index contributed by atoms with van der Waals surface area (Å²) >= 11 is 18.3. The van der Waals surface area contributed by atoms with E-state index in [9.17, 15) is 10.2 Å². The molecule has 20 heavy (non-hydrogen) atoms. The van der Waals surface area contributed by atoms with Gasteiger partial charge in [-0.1, -0.05) is 34.8 Å². The van der Waals surface area contributed by atoms with Gasteiger partial charge in [0, 0.05) is 17.0 Å². The first-order valence-electron chi connectivity index (χ1n) is 5.75. The van der Waals surface area contributed by atoms with Gasteiger partial charge in [-0.25, -0.2) is 0 Å². The molecule has 0 amide bonds. The number of benzene rings is 2. The molecule has 2 N–H and O–H groups in total. The summed E-state index contributed by atoms with van der Waals surface area (Å²) in [6, 6.07) is 1.42. The third kappa shape index (κ3) is 1.60. The number of halogens is 3. The number of hydrogen-bond donors (Lipinski definition) is 2. The number of aryl methyl sites for hydroxylation is 2. The molecule has 0 saturated heterocycles. The molecule has 3 nitrogen and oxygen atoms in total. The minimum atomic E-state index is -0.190. The number of furan rings is 1. The molecule has 6 heteroatoms. The molecule has 0 bridgehead atoms. The van der Waals surface area contributed by atoms with Crippen LogP contribution >= 0.6 is 34.8 Å². The van der Waals surface area contributed by atoms with Crippen molar-refractivity contribution in [3.05, 3.63) is 32.3 Å². The monoisotopic (exact) mass is 330 g/mol. The van der Waals surface area contributed by atoms with Gasteiger partial charge < -0.3 is 14.6 Å². The van der Waals surface area contributed by atoms with Gasteiger partial charge in [0.1, 0.15) is 16.9 Å². The number of phenolic OH excluding ortho intramolecular Hbond substituents is 2. The minimum Gasteiger partial charge on any atom is -0.506 e. The van der Waals surface area contributed by atoms with E-state index in [-0.39, 0.29) is 26.6 Å². The molecule has 0 atom stereocenters. The molecule has 0 spiro atoms. The predicted octanol–water partition coefficient (Wildman–Crippen LogP) is 5.57. The summed E-state index contributed by atoms with van der Waals surface area (Å²) < 4.78 is 5.72. The van der Waals surface area contributed by atoms with Crippen LogP contribution in [0.15, 0.2) is 10.5 Å². The first kappa shape index (κ1) is 13.7. The Bertz CT molecular complexity index is 881. The molecule has 0 aliphatic rings. The quantitative estimate of drug-likeness (QED) is 0.566. The maximum absolute atomic E-state index is 9.99. The minimum absolute atomic E-state index is 0.0696. The number of aromatic hydroxyl groups is 2. The van der Waals surface area contributed by atoms with Crippen LogP contribution in [0.3, 0.4) is 0 Å². The SMILES string of the molecule is Cc1c(Cl)c(O)c(Cl)c2c1oc1cc(O)c(Cl)c(C)c12. The molecule has 104 valence electrons. The molecule has 1 aromatic heterocycles. The Morgan fingerprint density at radius 2 is 1.55 bits per heavy atom. The van der Waals surface area contributed by atoms with Gasteiger partial charge in [-0.05, 0) is 19.4 Å². The molecule has 1 heterocycles. The van der Waals surface area contributed by atoms with Crippen LogP contribution in [-0.4, -0.2) is 10.2 Å². The highest BCUT2D eigenvalue weighted by molar-refractivity contribution is 6.44. The first-order chi connectivity index (χ1) is 9.34. The van der Waals surface area contributed by atoms with Gasteiger partial charge in [-0.3, -0.25) is 0 Å². The Morgan fingerprint density at radius 1 is 0.900 bits per heavy atom. The van der Waals surface area contributed by atoms with Crippen LogP contribution in [0, 0.1) is 13.8 Å². The van der Waals surface area contributed by atoms with Gasteiger partial charge in [-0.2, -0.15) is 0 Å². The molecule has 3 rings (SSSR count). The number of rotatable bonds is 0. The lowest BCUT2D eigenvalue weighted by atomic mass is 10.0. The molecule has 0 aliphatic carbocycles. The fourth-order valence-corrected chi connectivity index (χ4v) is 3.03. The predicted molar refractivity (Wildman–Crippen MR) is 81.6 cm³/mol. The van der Waals surface area contributed by atoms with Crippen molar-refractivity contribution in [3.8, 4) is 11.5 Å². The van der Waals surface area contributed by atoms with E-state index in [1.807, 2.05) is 0 Å². The van der Waals surface area contributed by atoms with Gasteiger partial charge >= 0.3 is 0 Å². The molecule has 2 aromatic carbocycles. The van der Waals surface area contributed by atoms with E-state index in [1.54, 1.807) is 13.8 Å².